The maximum Gasteiger partial charge on any atom is 0.325 e. The van der Waals surface area contributed by atoms with E-state index in [2.05, 4.69) is 20.8 Å². The van der Waals surface area contributed by atoms with Crippen molar-refractivity contribution in [2.45, 2.75) is 70.3 Å². The van der Waals surface area contributed by atoms with Crippen LogP contribution in [0.5, 0.6) is 0 Å². The molecule has 2 aromatic rings. The average Bonchev–Trinajstić information content (AvgIpc) is 3.05. The molecule has 0 aromatic heterocycles. The minimum atomic E-state index is -1.28. The van der Waals surface area contributed by atoms with Crippen molar-refractivity contribution >= 4 is 40.8 Å². The molecule has 0 saturated carbocycles. The number of benzene rings is 2. The minimum Gasteiger partial charge on any atom is -0.443 e. The summed E-state index contributed by atoms with van der Waals surface area (Å²) in [4.78, 5) is 15.3. The number of hydrogen-bond donors (Lipinski definition) is 1. The number of hydrogen-bond acceptors (Lipinski definition) is 4. The van der Waals surface area contributed by atoms with E-state index < -0.39 is 41.1 Å². The van der Waals surface area contributed by atoms with Crippen LogP contribution >= 0.6 is 34.8 Å². The third kappa shape index (κ3) is 4.06. The van der Waals surface area contributed by atoms with Gasteiger partial charge in [0, 0.05) is 22.5 Å². The van der Waals surface area contributed by atoms with Crippen LogP contribution in [0.1, 0.15) is 58.1 Å². The molecule has 178 valence electrons. The lowest BCUT2D eigenvalue weighted by Crippen LogP contribution is -2.56. The van der Waals surface area contributed by atoms with Crippen molar-refractivity contribution in [2.75, 3.05) is 0 Å². The van der Waals surface area contributed by atoms with Crippen LogP contribution in [0.2, 0.25) is 15.1 Å². The molecule has 2 fully saturated rings. The normalized spacial score (nSPS) is 29.3. The Bertz CT molecular complexity index is 1120. The van der Waals surface area contributed by atoms with E-state index in [1.807, 2.05) is 18.7 Å². The monoisotopic (exact) mass is 512 g/mol. The van der Waals surface area contributed by atoms with E-state index >= 15 is 4.39 Å². The van der Waals surface area contributed by atoms with Crippen molar-refractivity contribution in [3.05, 3.63) is 68.4 Å². The molecule has 0 bridgehead atoms. The van der Waals surface area contributed by atoms with Crippen LogP contribution in [-0.2, 0) is 15.1 Å². The van der Waals surface area contributed by atoms with E-state index in [1.54, 1.807) is 30.3 Å². The Morgan fingerprint density at radius 2 is 1.76 bits per heavy atom. The van der Waals surface area contributed by atoms with Gasteiger partial charge < -0.3 is 10.5 Å². The summed E-state index contributed by atoms with van der Waals surface area (Å²) in [5.41, 5.74) is 5.94. The quantitative estimate of drug-likeness (QED) is 0.476. The van der Waals surface area contributed by atoms with Crippen LogP contribution in [0.3, 0.4) is 0 Å². The van der Waals surface area contributed by atoms with Crippen molar-refractivity contribution in [1.82, 2.24) is 4.90 Å². The second-order valence-corrected chi connectivity index (χ2v) is 12.0. The molecule has 4 rings (SSSR count). The Morgan fingerprint density at radius 1 is 1.09 bits per heavy atom. The molecule has 0 radical (unpaired) electrons. The number of esters is 1. The van der Waals surface area contributed by atoms with Crippen molar-refractivity contribution in [3.8, 4) is 0 Å². The van der Waals surface area contributed by atoms with Gasteiger partial charge in [-0.2, -0.15) is 0 Å². The predicted molar refractivity (Wildman–Crippen MR) is 130 cm³/mol. The number of carbonyl (C=O) groups is 1. The number of cyclic esters (lactones) is 1. The molecule has 2 aliphatic rings. The first kappa shape index (κ1) is 24.7. The highest BCUT2D eigenvalue weighted by Gasteiger charge is 2.69. The second-order valence-electron chi connectivity index (χ2n) is 10.7. The van der Waals surface area contributed by atoms with Crippen LogP contribution in [0.15, 0.2) is 36.4 Å². The summed E-state index contributed by atoms with van der Waals surface area (Å²) in [6.45, 7) is 9.98. The molecule has 2 aliphatic heterocycles. The van der Waals surface area contributed by atoms with Gasteiger partial charge >= 0.3 is 5.97 Å². The highest BCUT2D eigenvalue weighted by atomic mass is 35.5. The lowest BCUT2D eigenvalue weighted by molar-refractivity contribution is -0.152. The van der Waals surface area contributed by atoms with Crippen LogP contribution in [-0.4, -0.2) is 28.7 Å². The molecule has 8 heteroatoms. The molecule has 2 saturated heterocycles. The van der Waals surface area contributed by atoms with Crippen molar-refractivity contribution in [1.29, 1.82) is 0 Å². The predicted octanol–water partition coefficient (Wildman–Crippen LogP) is 6.51. The van der Waals surface area contributed by atoms with Crippen molar-refractivity contribution in [3.63, 3.8) is 0 Å². The zero-order chi connectivity index (χ0) is 24.5. The molecule has 2 aromatic carbocycles. The van der Waals surface area contributed by atoms with Gasteiger partial charge in [-0.25, -0.2) is 9.29 Å². The van der Waals surface area contributed by atoms with Gasteiger partial charge in [0.15, 0.2) is 5.72 Å². The third-order valence-corrected chi connectivity index (χ3v) is 7.71. The zero-order valence-electron chi connectivity index (χ0n) is 19.3. The van der Waals surface area contributed by atoms with Crippen molar-refractivity contribution in [2.24, 2.45) is 11.1 Å². The van der Waals surface area contributed by atoms with E-state index in [4.69, 9.17) is 45.3 Å². The Morgan fingerprint density at radius 3 is 2.33 bits per heavy atom. The third-order valence-electron chi connectivity index (χ3n) is 6.74. The van der Waals surface area contributed by atoms with Gasteiger partial charge in [-0.05, 0) is 55.5 Å². The van der Waals surface area contributed by atoms with Gasteiger partial charge in [0.2, 0.25) is 0 Å². The second kappa shape index (κ2) is 8.10. The molecular weight excluding hydrogens is 486 g/mol. The highest BCUT2D eigenvalue weighted by molar-refractivity contribution is 6.42. The fourth-order valence-corrected chi connectivity index (χ4v) is 6.04. The standard InChI is InChI=1S/C25H28Cl3FN2O2/c1-23(2,3)12-19-25(30,15-8-7-14(26)11-18(15)29)20(13-6-9-16(27)17(28)10-13)21-22(32)33-24(4,5)31(19)21/h6-11,19-21H,12,30H2,1-5H3/t19-,20-,21+,25+/m0/s1. The maximum atomic E-state index is 15.5. The lowest BCUT2D eigenvalue weighted by atomic mass is 9.68. The van der Waals surface area contributed by atoms with Crippen LogP contribution in [0, 0.1) is 11.2 Å². The summed E-state index contributed by atoms with van der Waals surface area (Å²) in [6, 6.07) is 8.55. The summed E-state index contributed by atoms with van der Waals surface area (Å²) in [7, 11) is 0. The molecule has 2 heterocycles. The average molecular weight is 514 g/mol. The Balaban J connectivity index is 2.04. The van der Waals surface area contributed by atoms with Gasteiger partial charge in [0.05, 0.1) is 15.6 Å². The van der Waals surface area contributed by atoms with Crippen LogP contribution < -0.4 is 5.73 Å². The Hall–Kier alpha value is -1.37. The molecule has 2 N–H and O–H groups in total. The summed E-state index contributed by atoms with van der Waals surface area (Å²) in [5.74, 6) is -1.54. The molecule has 4 nitrogen and oxygen atoms in total. The van der Waals surface area contributed by atoms with E-state index in [0.717, 1.165) is 0 Å². The number of halogens is 4. The van der Waals surface area contributed by atoms with Gasteiger partial charge in [0.1, 0.15) is 11.9 Å². The van der Waals surface area contributed by atoms with Crippen LogP contribution in [0.25, 0.3) is 0 Å². The Kier molecular flexibility index (Phi) is 6.07. The van der Waals surface area contributed by atoms with Gasteiger partial charge in [-0.1, -0.05) is 67.7 Å². The highest BCUT2D eigenvalue weighted by Crippen LogP contribution is 2.58. The summed E-state index contributed by atoms with van der Waals surface area (Å²) < 4.78 is 21.3. The molecule has 0 unspecified atom stereocenters. The number of nitrogens with zero attached hydrogens (tertiary/aromatic N) is 1. The lowest BCUT2D eigenvalue weighted by Gasteiger charge is -2.44. The number of rotatable bonds is 3. The van der Waals surface area contributed by atoms with Crippen LogP contribution in [0.4, 0.5) is 4.39 Å². The first-order valence-corrected chi connectivity index (χ1v) is 12.0. The molecular formula is C25H28Cl3FN2O2. The van der Waals surface area contributed by atoms with E-state index in [1.165, 1.54) is 6.07 Å². The summed E-state index contributed by atoms with van der Waals surface area (Å²) >= 11 is 18.6. The molecule has 0 aliphatic carbocycles. The topological polar surface area (TPSA) is 55.6 Å². The van der Waals surface area contributed by atoms with Gasteiger partial charge in [-0.15, -0.1) is 0 Å². The molecule has 0 spiro atoms. The van der Waals surface area contributed by atoms with E-state index in [9.17, 15) is 4.79 Å². The number of nitrogens with two attached hydrogens (primary N) is 1. The smallest absolute Gasteiger partial charge is 0.325 e. The van der Waals surface area contributed by atoms with E-state index in [-0.39, 0.29) is 10.4 Å². The summed E-state index contributed by atoms with van der Waals surface area (Å²) in [6.07, 6.45) is 0.597. The molecule has 0 amide bonds. The molecule has 33 heavy (non-hydrogen) atoms. The number of fused-ring (bicyclic) bond motifs is 1. The number of carbonyl (C=O) groups excluding carboxylic acids is 1. The van der Waals surface area contributed by atoms with E-state index in [0.29, 0.717) is 27.6 Å². The van der Waals surface area contributed by atoms with Gasteiger partial charge in [-0.3, -0.25) is 4.79 Å². The first-order chi connectivity index (χ1) is 15.2. The fourth-order valence-electron chi connectivity index (χ4n) is 5.57. The number of ether oxygens (including phenoxy) is 1. The van der Waals surface area contributed by atoms with Crippen molar-refractivity contribution < 1.29 is 13.9 Å². The SMILES string of the molecule is CC(C)(C)C[C@@H]1N2[C@@H](C(=O)OC2(C)C)[C@H](c2ccc(Cl)c(Cl)c2)[C@@]1(N)c1ccc(Cl)cc1F. The van der Waals surface area contributed by atoms with Gasteiger partial charge in [0.25, 0.3) is 0 Å². The molecule has 4 atom stereocenters. The fraction of sp³-hybridized carbons (Fsp3) is 0.480. The summed E-state index contributed by atoms with van der Waals surface area (Å²) in [5, 5.41) is 0.997. The first-order valence-electron chi connectivity index (χ1n) is 10.9. The largest absolute Gasteiger partial charge is 0.443 e. The Labute approximate surface area is 209 Å². The maximum absolute atomic E-state index is 15.5. The zero-order valence-corrected chi connectivity index (χ0v) is 21.5. The minimum absolute atomic E-state index is 0.170.